The van der Waals surface area contributed by atoms with Gasteiger partial charge in [-0.3, -0.25) is 5.32 Å². The first-order valence-electron chi connectivity index (χ1n) is 8.14. The summed E-state index contributed by atoms with van der Waals surface area (Å²) in [6.07, 6.45) is 1.41. The minimum atomic E-state index is -0.446. The minimum Gasteiger partial charge on any atom is -0.449 e. The first kappa shape index (κ1) is 17.8. The van der Waals surface area contributed by atoms with Crippen LogP contribution in [-0.4, -0.2) is 31.0 Å². The fourth-order valence-corrected chi connectivity index (χ4v) is 2.21. The molecule has 0 aromatic heterocycles. The van der Waals surface area contributed by atoms with Gasteiger partial charge in [0.2, 0.25) is 0 Å². The Hall–Kier alpha value is -1.53. The third kappa shape index (κ3) is 4.27. The first-order valence-corrected chi connectivity index (χ1v) is 8.14. The number of anilines is 1. The summed E-state index contributed by atoms with van der Waals surface area (Å²) in [5.74, 6) is 0. The molecule has 1 N–H and O–H groups in total. The fraction of sp³-hybridized carbons (Fsp3) is 0.588. The lowest BCUT2D eigenvalue weighted by Crippen LogP contribution is -2.41. The molecule has 23 heavy (non-hydrogen) atoms. The molecule has 0 radical (unpaired) electrons. The van der Waals surface area contributed by atoms with E-state index in [1.165, 1.54) is 0 Å². The minimum absolute atomic E-state index is 0.389. The van der Waals surface area contributed by atoms with Gasteiger partial charge in [-0.2, -0.15) is 0 Å². The van der Waals surface area contributed by atoms with E-state index in [-0.39, 0.29) is 11.2 Å². The average Bonchev–Trinajstić information content (AvgIpc) is 2.68. The van der Waals surface area contributed by atoms with Crippen LogP contribution in [0.5, 0.6) is 0 Å². The fourth-order valence-electron chi connectivity index (χ4n) is 2.21. The van der Waals surface area contributed by atoms with Crippen LogP contribution in [0.3, 0.4) is 0 Å². The second-order valence-corrected chi connectivity index (χ2v) is 6.83. The van der Waals surface area contributed by atoms with Crippen LogP contribution >= 0.6 is 0 Å². The molecule has 0 aliphatic carbocycles. The van der Waals surface area contributed by atoms with Crippen LogP contribution in [0.1, 0.15) is 47.5 Å². The van der Waals surface area contributed by atoms with Gasteiger partial charge >= 0.3 is 13.2 Å². The molecule has 126 valence electrons. The zero-order valence-electron chi connectivity index (χ0n) is 14.6. The molecular weight excluding hydrogens is 293 g/mol. The van der Waals surface area contributed by atoms with Gasteiger partial charge in [-0.1, -0.05) is 25.5 Å². The van der Waals surface area contributed by atoms with Gasteiger partial charge in [-0.05, 0) is 51.7 Å². The summed E-state index contributed by atoms with van der Waals surface area (Å²) >= 11 is 0. The number of carbonyl (C=O) groups is 1. The van der Waals surface area contributed by atoms with Crippen molar-refractivity contribution in [2.75, 3.05) is 11.9 Å². The zero-order valence-corrected chi connectivity index (χ0v) is 14.6. The smallest absolute Gasteiger partial charge is 0.449 e. The van der Waals surface area contributed by atoms with E-state index in [0.29, 0.717) is 12.3 Å². The third-order valence-electron chi connectivity index (χ3n) is 4.39. The van der Waals surface area contributed by atoms with E-state index in [1.54, 1.807) is 0 Å². The summed E-state index contributed by atoms with van der Waals surface area (Å²) in [6.45, 7) is 10.5. The molecule has 0 unspecified atom stereocenters. The highest BCUT2D eigenvalue weighted by molar-refractivity contribution is 6.62. The molecule has 0 saturated carbocycles. The van der Waals surface area contributed by atoms with Gasteiger partial charge in [0.15, 0.2) is 0 Å². The summed E-state index contributed by atoms with van der Waals surface area (Å²) < 4.78 is 17.2. The van der Waals surface area contributed by atoms with Gasteiger partial charge in [-0.15, -0.1) is 0 Å². The van der Waals surface area contributed by atoms with E-state index in [2.05, 4.69) is 12.2 Å². The first-order chi connectivity index (χ1) is 10.7. The van der Waals surface area contributed by atoms with Crippen LogP contribution in [-0.2, 0) is 14.0 Å². The van der Waals surface area contributed by atoms with E-state index >= 15 is 0 Å². The normalized spacial score (nSPS) is 18.7. The van der Waals surface area contributed by atoms with Crippen LogP contribution in [0.25, 0.3) is 0 Å². The second-order valence-electron chi connectivity index (χ2n) is 6.83. The number of nitrogens with one attached hydrogen (secondary N) is 1. The topological polar surface area (TPSA) is 56.8 Å². The van der Waals surface area contributed by atoms with Crippen LogP contribution in [0, 0.1) is 0 Å². The molecular formula is C17H26BNO4. The quantitative estimate of drug-likeness (QED) is 0.668. The molecule has 1 amide bonds. The molecule has 0 spiro atoms. The van der Waals surface area contributed by atoms with Crippen molar-refractivity contribution in [3.05, 3.63) is 24.3 Å². The Bertz CT molecular complexity index is 543. The predicted octanol–water partition coefficient (Wildman–Crippen LogP) is 3.33. The van der Waals surface area contributed by atoms with E-state index in [0.717, 1.165) is 18.3 Å². The zero-order chi connectivity index (χ0) is 17.1. The molecule has 1 saturated heterocycles. The maximum absolute atomic E-state index is 11.7. The molecule has 5 nitrogen and oxygen atoms in total. The van der Waals surface area contributed by atoms with Crippen molar-refractivity contribution in [2.24, 2.45) is 0 Å². The van der Waals surface area contributed by atoms with Crippen LogP contribution in [0.2, 0.25) is 0 Å². The van der Waals surface area contributed by atoms with Gasteiger partial charge in [-0.25, -0.2) is 4.79 Å². The Balaban J connectivity index is 2.02. The van der Waals surface area contributed by atoms with Crippen molar-refractivity contribution >= 4 is 24.4 Å². The van der Waals surface area contributed by atoms with Gasteiger partial charge in [0.25, 0.3) is 0 Å². The van der Waals surface area contributed by atoms with Gasteiger partial charge < -0.3 is 14.0 Å². The highest BCUT2D eigenvalue weighted by Crippen LogP contribution is 2.36. The Morgan fingerprint density at radius 3 is 2.48 bits per heavy atom. The van der Waals surface area contributed by atoms with Crippen molar-refractivity contribution in [2.45, 2.75) is 58.7 Å². The van der Waals surface area contributed by atoms with Gasteiger partial charge in [0.05, 0.1) is 17.8 Å². The molecule has 1 aliphatic heterocycles. The second kappa shape index (κ2) is 6.93. The van der Waals surface area contributed by atoms with Crippen molar-refractivity contribution in [1.29, 1.82) is 0 Å². The molecule has 1 aliphatic rings. The number of ether oxygens (including phenoxy) is 1. The summed E-state index contributed by atoms with van der Waals surface area (Å²) in [5, 5.41) is 2.73. The number of carbonyl (C=O) groups excluding carboxylic acids is 1. The number of unbranched alkanes of at least 4 members (excludes halogenated alkanes) is 1. The molecule has 1 heterocycles. The van der Waals surface area contributed by atoms with Crippen molar-refractivity contribution in [3.8, 4) is 0 Å². The molecule has 6 heteroatoms. The summed E-state index contributed by atoms with van der Waals surface area (Å²) in [6, 6.07) is 7.46. The Morgan fingerprint density at radius 1 is 1.22 bits per heavy atom. The predicted molar refractivity (Wildman–Crippen MR) is 92.0 cm³/mol. The van der Waals surface area contributed by atoms with Crippen LogP contribution in [0.15, 0.2) is 24.3 Å². The van der Waals surface area contributed by atoms with Gasteiger partial charge in [0, 0.05) is 5.69 Å². The Morgan fingerprint density at radius 2 is 1.87 bits per heavy atom. The Labute approximate surface area is 138 Å². The van der Waals surface area contributed by atoms with Crippen molar-refractivity contribution in [1.82, 2.24) is 0 Å². The van der Waals surface area contributed by atoms with Gasteiger partial charge in [0.1, 0.15) is 0 Å². The van der Waals surface area contributed by atoms with E-state index in [1.807, 2.05) is 52.0 Å². The highest BCUT2D eigenvalue weighted by atomic mass is 16.7. The lowest BCUT2D eigenvalue weighted by atomic mass is 9.79. The number of amides is 1. The van der Waals surface area contributed by atoms with E-state index < -0.39 is 13.2 Å². The SMILES string of the molecule is CCCCOC(=O)Nc1cccc(B2OC(C)(C)C(C)(C)O2)c1. The standard InChI is InChI=1S/C17H26BNO4/c1-6-7-11-21-15(20)19-14-10-8-9-13(12-14)18-22-16(2,3)17(4,5)23-18/h8-10,12H,6-7,11H2,1-5H3,(H,19,20). The number of hydrogen-bond donors (Lipinski definition) is 1. The van der Waals surface area contributed by atoms with Crippen LogP contribution in [0.4, 0.5) is 10.5 Å². The van der Waals surface area contributed by atoms with Crippen LogP contribution < -0.4 is 10.8 Å². The van der Waals surface area contributed by atoms with E-state index in [9.17, 15) is 4.79 Å². The summed E-state index contributed by atoms with van der Waals surface area (Å²) in [5.41, 5.74) is 0.758. The molecule has 2 rings (SSSR count). The largest absolute Gasteiger partial charge is 0.494 e. The maximum atomic E-state index is 11.7. The average molecular weight is 319 g/mol. The maximum Gasteiger partial charge on any atom is 0.494 e. The number of hydrogen-bond acceptors (Lipinski definition) is 4. The monoisotopic (exact) mass is 319 g/mol. The lowest BCUT2D eigenvalue weighted by molar-refractivity contribution is 0.00578. The lowest BCUT2D eigenvalue weighted by Gasteiger charge is -2.32. The molecule has 1 fully saturated rings. The highest BCUT2D eigenvalue weighted by Gasteiger charge is 2.51. The molecule has 1 aromatic carbocycles. The molecule has 1 aromatic rings. The third-order valence-corrected chi connectivity index (χ3v) is 4.39. The van der Waals surface area contributed by atoms with E-state index in [4.69, 9.17) is 14.0 Å². The number of rotatable bonds is 5. The summed E-state index contributed by atoms with van der Waals surface area (Å²) in [4.78, 5) is 11.7. The van der Waals surface area contributed by atoms with Crippen molar-refractivity contribution in [3.63, 3.8) is 0 Å². The van der Waals surface area contributed by atoms with Crippen molar-refractivity contribution < 1.29 is 18.8 Å². The Kier molecular flexibility index (Phi) is 5.37. The number of benzene rings is 1. The molecule has 0 bridgehead atoms. The summed E-state index contributed by atoms with van der Waals surface area (Å²) in [7, 11) is -0.446. The molecule has 0 atom stereocenters.